The van der Waals surface area contributed by atoms with E-state index in [0.717, 1.165) is 25.2 Å². The minimum atomic E-state index is 0.160. The van der Waals surface area contributed by atoms with E-state index >= 15 is 0 Å². The lowest BCUT2D eigenvalue weighted by Gasteiger charge is -2.39. The quantitative estimate of drug-likeness (QED) is 0.835. The zero-order chi connectivity index (χ0) is 14.0. The van der Waals surface area contributed by atoms with Gasteiger partial charge in [0, 0.05) is 25.0 Å². The Balaban J connectivity index is 1.94. The van der Waals surface area contributed by atoms with Crippen LogP contribution in [-0.2, 0) is 4.79 Å². The summed E-state index contributed by atoms with van der Waals surface area (Å²) in [6.45, 7) is 4.53. The monoisotopic (exact) mass is 266 g/mol. The van der Waals surface area contributed by atoms with Crippen molar-refractivity contribution in [3.05, 3.63) is 0 Å². The van der Waals surface area contributed by atoms with Crippen molar-refractivity contribution in [3.63, 3.8) is 0 Å². The zero-order valence-electron chi connectivity index (χ0n) is 12.8. The van der Waals surface area contributed by atoms with Gasteiger partial charge in [0.05, 0.1) is 0 Å². The standard InChI is InChI=1S/C16H30N2O/c1-11-4-8-14(9-5-11)18(3)16(19)15-10-13(17)7-6-12(15)2/h11-15H,4-10,17H2,1-3H3. The minimum absolute atomic E-state index is 0.160. The predicted molar refractivity (Wildman–Crippen MR) is 78.7 cm³/mol. The molecule has 0 aromatic carbocycles. The number of nitrogens with two attached hydrogens (primary N) is 1. The fraction of sp³-hybridized carbons (Fsp3) is 0.938. The molecule has 2 fully saturated rings. The molecule has 2 aliphatic carbocycles. The number of rotatable bonds is 2. The highest BCUT2D eigenvalue weighted by molar-refractivity contribution is 5.79. The van der Waals surface area contributed by atoms with Crippen LogP contribution in [-0.4, -0.2) is 29.9 Å². The van der Waals surface area contributed by atoms with Gasteiger partial charge in [-0.2, -0.15) is 0 Å². The van der Waals surface area contributed by atoms with Crippen LogP contribution in [0.3, 0.4) is 0 Å². The van der Waals surface area contributed by atoms with Gasteiger partial charge in [-0.05, 0) is 56.8 Å². The van der Waals surface area contributed by atoms with Gasteiger partial charge < -0.3 is 10.6 Å². The average Bonchev–Trinajstić information content (AvgIpc) is 2.41. The number of amides is 1. The van der Waals surface area contributed by atoms with Crippen molar-refractivity contribution in [3.8, 4) is 0 Å². The van der Waals surface area contributed by atoms with Crippen LogP contribution in [0.1, 0.15) is 58.8 Å². The van der Waals surface area contributed by atoms with Crippen LogP contribution in [0.4, 0.5) is 0 Å². The fourth-order valence-electron chi connectivity index (χ4n) is 3.77. The van der Waals surface area contributed by atoms with E-state index in [-0.39, 0.29) is 12.0 Å². The second-order valence-electron chi connectivity index (χ2n) is 7.02. The number of hydrogen-bond acceptors (Lipinski definition) is 2. The number of carbonyl (C=O) groups excluding carboxylic acids is 1. The SMILES string of the molecule is CC1CCC(N(C)C(=O)C2CC(N)CCC2C)CC1. The third-order valence-electron chi connectivity index (χ3n) is 5.43. The van der Waals surface area contributed by atoms with Crippen molar-refractivity contribution in [2.45, 2.75) is 70.9 Å². The molecule has 3 nitrogen and oxygen atoms in total. The first-order valence-electron chi connectivity index (χ1n) is 8.01. The van der Waals surface area contributed by atoms with Gasteiger partial charge in [0.2, 0.25) is 5.91 Å². The lowest BCUT2D eigenvalue weighted by molar-refractivity contribution is -0.140. The fourth-order valence-corrected chi connectivity index (χ4v) is 3.77. The summed E-state index contributed by atoms with van der Waals surface area (Å²) in [4.78, 5) is 14.8. The highest BCUT2D eigenvalue weighted by Gasteiger charge is 2.35. The van der Waals surface area contributed by atoms with Crippen LogP contribution in [0.15, 0.2) is 0 Å². The van der Waals surface area contributed by atoms with Crippen molar-refractivity contribution < 1.29 is 4.79 Å². The molecule has 0 aromatic heterocycles. The predicted octanol–water partition coefficient (Wildman–Crippen LogP) is 2.79. The number of hydrogen-bond donors (Lipinski definition) is 1. The van der Waals surface area contributed by atoms with E-state index < -0.39 is 0 Å². The van der Waals surface area contributed by atoms with Crippen LogP contribution < -0.4 is 5.73 Å². The van der Waals surface area contributed by atoms with E-state index in [9.17, 15) is 4.79 Å². The molecule has 3 unspecified atom stereocenters. The maximum absolute atomic E-state index is 12.7. The molecule has 0 bridgehead atoms. The van der Waals surface area contributed by atoms with E-state index in [1.165, 1.54) is 25.7 Å². The van der Waals surface area contributed by atoms with Gasteiger partial charge in [-0.15, -0.1) is 0 Å². The number of carbonyl (C=O) groups is 1. The van der Waals surface area contributed by atoms with Crippen LogP contribution >= 0.6 is 0 Å². The van der Waals surface area contributed by atoms with Gasteiger partial charge >= 0.3 is 0 Å². The zero-order valence-corrected chi connectivity index (χ0v) is 12.8. The lowest BCUT2D eigenvalue weighted by Crippen LogP contribution is -2.46. The third kappa shape index (κ3) is 3.50. The molecule has 2 rings (SSSR count). The van der Waals surface area contributed by atoms with Crippen molar-refractivity contribution in [1.29, 1.82) is 0 Å². The minimum Gasteiger partial charge on any atom is -0.343 e. The van der Waals surface area contributed by atoms with E-state index in [1.54, 1.807) is 0 Å². The Kier molecular flexibility index (Phi) is 4.88. The summed E-state index contributed by atoms with van der Waals surface area (Å²) in [5.41, 5.74) is 6.05. The Morgan fingerprint density at radius 1 is 1.05 bits per heavy atom. The summed E-state index contributed by atoms with van der Waals surface area (Å²) < 4.78 is 0. The van der Waals surface area contributed by atoms with Crippen molar-refractivity contribution in [2.75, 3.05) is 7.05 Å². The molecule has 0 aliphatic heterocycles. The van der Waals surface area contributed by atoms with Crippen LogP contribution in [0.25, 0.3) is 0 Å². The topological polar surface area (TPSA) is 46.3 Å². The summed E-state index contributed by atoms with van der Waals surface area (Å²) >= 11 is 0. The van der Waals surface area contributed by atoms with Crippen molar-refractivity contribution >= 4 is 5.91 Å². The van der Waals surface area contributed by atoms with Crippen LogP contribution in [0.2, 0.25) is 0 Å². The summed E-state index contributed by atoms with van der Waals surface area (Å²) in [5, 5.41) is 0. The molecule has 3 atom stereocenters. The molecular weight excluding hydrogens is 236 g/mol. The Hall–Kier alpha value is -0.570. The first kappa shape index (κ1) is 14.8. The van der Waals surface area contributed by atoms with Gasteiger partial charge in [-0.3, -0.25) is 4.79 Å². The Morgan fingerprint density at radius 2 is 1.68 bits per heavy atom. The van der Waals surface area contributed by atoms with Crippen LogP contribution in [0, 0.1) is 17.8 Å². The molecule has 110 valence electrons. The molecule has 1 amide bonds. The molecule has 2 aliphatic rings. The Labute approximate surface area is 117 Å². The van der Waals surface area contributed by atoms with E-state index in [4.69, 9.17) is 5.73 Å². The maximum Gasteiger partial charge on any atom is 0.225 e. The van der Waals surface area contributed by atoms with Gasteiger partial charge in [-0.25, -0.2) is 0 Å². The molecule has 0 heterocycles. The average molecular weight is 266 g/mol. The molecular formula is C16H30N2O. The largest absolute Gasteiger partial charge is 0.343 e. The second-order valence-corrected chi connectivity index (χ2v) is 7.02. The third-order valence-corrected chi connectivity index (χ3v) is 5.43. The smallest absolute Gasteiger partial charge is 0.225 e. The second kappa shape index (κ2) is 6.25. The van der Waals surface area contributed by atoms with E-state index in [0.29, 0.717) is 17.9 Å². The highest BCUT2D eigenvalue weighted by atomic mass is 16.2. The molecule has 0 aromatic rings. The normalized spacial score (nSPS) is 39.9. The van der Waals surface area contributed by atoms with Crippen LogP contribution in [0.5, 0.6) is 0 Å². The summed E-state index contributed by atoms with van der Waals surface area (Å²) in [5.74, 6) is 1.84. The molecule has 0 radical (unpaired) electrons. The summed E-state index contributed by atoms with van der Waals surface area (Å²) in [6.07, 6.45) is 7.95. The molecule has 0 spiro atoms. The van der Waals surface area contributed by atoms with E-state index in [2.05, 4.69) is 13.8 Å². The van der Waals surface area contributed by atoms with Gasteiger partial charge in [0.15, 0.2) is 0 Å². The van der Waals surface area contributed by atoms with Gasteiger partial charge in [0.25, 0.3) is 0 Å². The first-order valence-corrected chi connectivity index (χ1v) is 8.01. The maximum atomic E-state index is 12.7. The van der Waals surface area contributed by atoms with Crippen molar-refractivity contribution in [1.82, 2.24) is 4.90 Å². The summed E-state index contributed by atoms with van der Waals surface area (Å²) in [7, 11) is 2.01. The molecule has 3 heteroatoms. The van der Waals surface area contributed by atoms with Gasteiger partial charge in [-0.1, -0.05) is 13.8 Å². The van der Waals surface area contributed by atoms with Crippen molar-refractivity contribution in [2.24, 2.45) is 23.5 Å². The molecule has 19 heavy (non-hydrogen) atoms. The van der Waals surface area contributed by atoms with Gasteiger partial charge in [0.1, 0.15) is 0 Å². The highest BCUT2D eigenvalue weighted by Crippen LogP contribution is 2.33. The lowest BCUT2D eigenvalue weighted by atomic mass is 9.77. The molecule has 2 N–H and O–H groups in total. The first-order chi connectivity index (χ1) is 8.99. The molecule has 2 saturated carbocycles. The molecule has 0 saturated heterocycles. The summed E-state index contributed by atoms with van der Waals surface area (Å²) in [6, 6.07) is 0.693. The number of nitrogens with zero attached hydrogens (tertiary/aromatic N) is 1. The Bertz CT molecular complexity index is 310. The Morgan fingerprint density at radius 3 is 2.32 bits per heavy atom. The van der Waals surface area contributed by atoms with E-state index in [1.807, 2.05) is 11.9 Å².